The van der Waals surface area contributed by atoms with Crippen LogP contribution < -0.4 is 14.2 Å². The van der Waals surface area contributed by atoms with E-state index in [1.807, 2.05) is 36.4 Å². The van der Waals surface area contributed by atoms with Gasteiger partial charge < -0.3 is 24.1 Å². The summed E-state index contributed by atoms with van der Waals surface area (Å²) >= 11 is 1.33. The number of aliphatic hydroxyl groups is 1. The minimum Gasteiger partial charge on any atom is -0.494 e. The predicted molar refractivity (Wildman–Crippen MR) is 189 cm³/mol. The van der Waals surface area contributed by atoms with E-state index >= 15 is 0 Å². The number of nitrogens with zero attached hydrogens (tertiary/aromatic N) is 3. The zero-order valence-corrected chi connectivity index (χ0v) is 28.6. The molecule has 12 heteroatoms. The zero-order valence-electron chi connectivity index (χ0n) is 27.8. The summed E-state index contributed by atoms with van der Waals surface area (Å²) in [5, 5.41) is 18.5. The second-order valence-corrected chi connectivity index (χ2v) is 12.9. The van der Waals surface area contributed by atoms with Gasteiger partial charge in [-0.1, -0.05) is 42.2 Å². The van der Waals surface area contributed by atoms with Crippen molar-refractivity contribution in [2.45, 2.75) is 57.8 Å². The lowest BCUT2D eigenvalue weighted by Crippen LogP contribution is -2.30. The molecule has 1 aromatic heterocycles. The normalized spacial score (nSPS) is 15.9. The Morgan fingerprint density at radius 2 is 1.48 bits per heavy atom. The summed E-state index contributed by atoms with van der Waals surface area (Å²) in [5.74, 6) is -0.273. The van der Waals surface area contributed by atoms with E-state index in [9.17, 15) is 19.5 Å². The lowest BCUT2D eigenvalue weighted by molar-refractivity contribution is -0.145. The maximum absolute atomic E-state index is 13.2. The zero-order chi connectivity index (χ0) is 35.1. The maximum atomic E-state index is 13.2. The molecule has 0 atom stereocenters. The van der Waals surface area contributed by atoms with Crippen molar-refractivity contribution in [2.75, 3.05) is 19.8 Å². The summed E-state index contributed by atoms with van der Waals surface area (Å²) in [6.45, 7) is 4.29. The Bertz CT molecular complexity index is 1770. The number of hydrogen-bond donors (Lipinski definition) is 1. The molecule has 0 radical (unpaired) electrons. The maximum Gasteiger partial charge on any atom is 0.330 e. The van der Waals surface area contributed by atoms with Crippen molar-refractivity contribution in [3.8, 4) is 17.2 Å². The molecule has 11 nitrogen and oxygen atoms in total. The third-order valence-electron chi connectivity index (χ3n) is 8.33. The molecule has 0 spiro atoms. The number of thiazole rings is 1. The molecule has 0 bridgehead atoms. The predicted octanol–water partition coefficient (Wildman–Crippen LogP) is 8.23. The lowest BCUT2D eigenvalue weighted by atomic mass is 9.82. The number of ether oxygens (including phenoxy) is 4. The third-order valence-corrected chi connectivity index (χ3v) is 9.35. The molecule has 1 aliphatic rings. The van der Waals surface area contributed by atoms with Crippen LogP contribution in [0.5, 0.6) is 17.2 Å². The van der Waals surface area contributed by atoms with Gasteiger partial charge in [-0.25, -0.2) is 9.78 Å². The van der Waals surface area contributed by atoms with Crippen LogP contribution in [0.2, 0.25) is 0 Å². The van der Waals surface area contributed by atoms with Crippen LogP contribution in [0.25, 0.3) is 10.2 Å². The smallest absolute Gasteiger partial charge is 0.330 e. The van der Waals surface area contributed by atoms with Crippen LogP contribution in [0.3, 0.4) is 0 Å². The van der Waals surface area contributed by atoms with Gasteiger partial charge in [0.05, 0.1) is 35.4 Å². The Labute approximate surface area is 295 Å². The molecule has 50 heavy (non-hydrogen) atoms. The molecule has 1 N–H and O–H groups in total. The highest BCUT2D eigenvalue weighted by Crippen LogP contribution is 2.38. The second-order valence-electron chi connectivity index (χ2n) is 11.9. The van der Waals surface area contributed by atoms with Crippen LogP contribution in [-0.4, -0.2) is 47.8 Å². The first-order valence-corrected chi connectivity index (χ1v) is 17.7. The third kappa shape index (κ3) is 10.5. The molecule has 1 saturated carbocycles. The second kappa shape index (κ2) is 18.7. The van der Waals surface area contributed by atoms with Gasteiger partial charge in [0, 0.05) is 12.7 Å². The number of azo groups is 1. The van der Waals surface area contributed by atoms with E-state index in [0.717, 1.165) is 42.0 Å². The number of aromatic nitrogens is 1. The molecule has 0 unspecified atom stereocenters. The average molecular weight is 700 g/mol. The minimum absolute atomic E-state index is 0.0281. The van der Waals surface area contributed by atoms with Gasteiger partial charge in [0.25, 0.3) is 0 Å². The first-order chi connectivity index (χ1) is 24.4. The first kappa shape index (κ1) is 36.3. The number of rotatable bonds is 17. The van der Waals surface area contributed by atoms with Gasteiger partial charge >= 0.3 is 17.9 Å². The number of carbonyl (C=O) groups excluding carboxylic acids is 3. The van der Waals surface area contributed by atoms with Crippen molar-refractivity contribution in [3.63, 3.8) is 0 Å². The minimum atomic E-state index is -0.400. The summed E-state index contributed by atoms with van der Waals surface area (Å²) < 4.78 is 23.0. The topological polar surface area (TPSA) is 146 Å². The van der Waals surface area contributed by atoms with Gasteiger partial charge in [0.2, 0.25) is 5.13 Å². The van der Waals surface area contributed by atoms with Crippen molar-refractivity contribution in [1.82, 2.24) is 4.98 Å². The van der Waals surface area contributed by atoms with Crippen LogP contribution >= 0.6 is 11.3 Å². The Balaban J connectivity index is 1.07. The van der Waals surface area contributed by atoms with E-state index in [2.05, 4.69) is 21.8 Å². The van der Waals surface area contributed by atoms with Gasteiger partial charge in [-0.05, 0) is 106 Å². The molecule has 0 saturated heterocycles. The summed E-state index contributed by atoms with van der Waals surface area (Å²) in [5.41, 5.74) is 2.08. The standard InChI is InChI=1S/C38H41N3O8S/c1-2-33(43)47-25-9-4-3-8-24-46-30-17-19-31(20-18-30)48-36(44)27-12-14-28(15-13-27)37(45)49-32-21-16-26(22-23-42)35-34(32)39-38(50-35)41-40-29-10-6-5-7-11-29/h2,5-7,10-11,16-21,27-28,42H,1,3-4,8-9,12-15,22-25H2. The Kier molecular flexibility index (Phi) is 13.6. The van der Waals surface area contributed by atoms with Gasteiger partial charge in [-0.15, -0.1) is 10.2 Å². The van der Waals surface area contributed by atoms with Crippen molar-refractivity contribution in [3.05, 3.63) is 84.9 Å². The summed E-state index contributed by atoms with van der Waals surface area (Å²) in [6.07, 6.45) is 7.20. The van der Waals surface area contributed by atoms with E-state index in [-0.39, 0.29) is 30.4 Å². The first-order valence-electron chi connectivity index (χ1n) is 16.9. The molecule has 3 aromatic carbocycles. The highest BCUT2D eigenvalue weighted by Gasteiger charge is 2.32. The SMILES string of the molecule is C=CC(=O)OCCCCCCOc1ccc(OC(=O)C2CCC(C(=O)Oc3ccc(CCO)c4sc(N=Nc5ccccc5)nc34)CC2)cc1. The van der Waals surface area contributed by atoms with Crippen LogP contribution in [0.4, 0.5) is 10.8 Å². The van der Waals surface area contributed by atoms with Crippen molar-refractivity contribution >= 4 is 50.3 Å². The summed E-state index contributed by atoms with van der Waals surface area (Å²) in [6, 6.07) is 19.8. The molecule has 1 heterocycles. The summed E-state index contributed by atoms with van der Waals surface area (Å²) in [7, 11) is 0. The molecule has 1 aliphatic carbocycles. The van der Waals surface area contributed by atoms with Crippen molar-refractivity contribution in [2.24, 2.45) is 22.1 Å². The molecular formula is C38H41N3O8S. The number of aliphatic hydroxyl groups excluding tert-OH is 1. The highest BCUT2D eigenvalue weighted by molar-refractivity contribution is 7.22. The monoisotopic (exact) mass is 699 g/mol. The van der Waals surface area contributed by atoms with Crippen LogP contribution in [0.15, 0.2) is 89.6 Å². The molecule has 0 aliphatic heterocycles. The number of benzene rings is 3. The fourth-order valence-corrected chi connectivity index (χ4v) is 6.55. The largest absolute Gasteiger partial charge is 0.494 e. The van der Waals surface area contributed by atoms with E-state index in [1.54, 1.807) is 30.3 Å². The van der Waals surface area contributed by atoms with Gasteiger partial charge in [-0.2, -0.15) is 0 Å². The van der Waals surface area contributed by atoms with Crippen molar-refractivity contribution < 1.29 is 38.4 Å². The van der Waals surface area contributed by atoms with Gasteiger partial charge in [0.1, 0.15) is 17.0 Å². The molecule has 5 rings (SSSR count). The molecular weight excluding hydrogens is 658 g/mol. The Morgan fingerprint density at radius 1 is 0.820 bits per heavy atom. The molecule has 4 aromatic rings. The number of unbranched alkanes of at least 4 members (excludes halogenated alkanes) is 3. The number of carbonyl (C=O) groups is 3. The van der Waals surface area contributed by atoms with Crippen LogP contribution in [0, 0.1) is 11.8 Å². The van der Waals surface area contributed by atoms with Crippen LogP contribution in [-0.2, 0) is 25.5 Å². The lowest BCUT2D eigenvalue weighted by Gasteiger charge is -2.25. The average Bonchev–Trinajstić information content (AvgIpc) is 3.59. The van der Waals surface area contributed by atoms with E-state index < -0.39 is 5.97 Å². The Hall–Kier alpha value is -4.94. The number of hydrogen-bond acceptors (Lipinski definition) is 12. The van der Waals surface area contributed by atoms with Gasteiger partial charge in [0.15, 0.2) is 5.75 Å². The summed E-state index contributed by atoms with van der Waals surface area (Å²) in [4.78, 5) is 41.8. The quantitative estimate of drug-likeness (QED) is 0.0379. The van der Waals surface area contributed by atoms with Crippen molar-refractivity contribution in [1.29, 1.82) is 0 Å². The highest BCUT2D eigenvalue weighted by atomic mass is 32.1. The fourth-order valence-electron chi connectivity index (χ4n) is 5.60. The molecule has 262 valence electrons. The molecule has 0 amide bonds. The van der Waals surface area contributed by atoms with Crippen LogP contribution in [0.1, 0.15) is 56.9 Å². The number of esters is 3. The Morgan fingerprint density at radius 3 is 2.16 bits per heavy atom. The van der Waals surface area contributed by atoms with Gasteiger partial charge in [-0.3, -0.25) is 9.59 Å². The fraction of sp³-hybridized carbons (Fsp3) is 0.368. The van der Waals surface area contributed by atoms with E-state index in [4.69, 9.17) is 18.9 Å². The van der Waals surface area contributed by atoms with E-state index in [0.29, 0.717) is 78.9 Å². The molecule has 1 fully saturated rings. The van der Waals surface area contributed by atoms with E-state index in [1.165, 1.54) is 11.3 Å². The number of fused-ring (bicyclic) bond motifs is 1.